The van der Waals surface area contributed by atoms with Gasteiger partial charge in [0.1, 0.15) is 0 Å². The number of aliphatic hydroxyl groups is 1. The minimum atomic E-state index is -2.78. The molecule has 19 heavy (non-hydrogen) atoms. The number of rotatable bonds is 5. The second-order valence-electron chi connectivity index (χ2n) is 3.87. The molecule has 0 aliphatic carbocycles. The van der Waals surface area contributed by atoms with Crippen molar-refractivity contribution < 1.29 is 28.6 Å². The maximum absolute atomic E-state index is 12.6. The molecule has 2 unspecified atom stereocenters. The molecule has 0 saturated heterocycles. The Morgan fingerprint density at radius 1 is 1.32 bits per heavy atom. The zero-order chi connectivity index (χ0) is 14.7. The van der Waals surface area contributed by atoms with Crippen molar-refractivity contribution in [1.29, 1.82) is 0 Å². The Bertz CT molecular complexity index is 503. The van der Waals surface area contributed by atoms with Gasteiger partial charge in [-0.2, -0.15) is 0 Å². The summed E-state index contributed by atoms with van der Waals surface area (Å²) in [6.07, 6.45) is -4.72. The number of Topliss-reactive ketones (excluding diaryl/α,β-unsaturated/α-hetero) is 1. The quantitative estimate of drug-likeness (QED) is 0.640. The first-order valence-corrected chi connectivity index (χ1v) is 6.18. The Hall–Kier alpha value is -1.34. The number of carboxylic acids is 1. The highest BCUT2D eigenvalue weighted by atomic mass is 79.9. The van der Waals surface area contributed by atoms with Crippen LogP contribution in [-0.4, -0.2) is 26.8 Å². The van der Waals surface area contributed by atoms with E-state index in [-0.39, 0.29) is 11.1 Å². The molecule has 7 heteroatoms. The van der Waals surface area contributed by atoms with Gasteiger partial charge in [0, 0.05) is 16.7 Å². The molecule has 0 aliphatic rings. The van der Waals surface area contributed by atoms with Gasteiger partial charge in [-0.1, -0.05) is 28.1 Å². The summed E-state index contributed by atoms with van der Waals surface area (Å²) in [6.45, 7) is 1.48. The van der Waals surface area contributed by atoms with Gasteiger partial charge in [-0.25, -0.2) is 13.6 Å². The molecule has 1 aromatic carbocycles. The second-order valence-corrected chi connectivity index (χ2v) is 5.24. The molecular weight excluding hydrogens is 326 g/mol. The van der Waals surface area contributed by atoms with Gasteiger partial charge < -0.3 is 10.2 Å². The summed E-state index contributed by atoms with van der Waals surface area (Å²) >= 11 is 2.99. The molecular formula is C12H11BrF2O4. The first kappa shape index (κ1) is 15.7. The molecule has 0 radical (unpaired) electrons. The molecule has 0 bridgehead atoms. The summed E-state index contributed by atoms with van der Waals surface area (Å²) in [5.74, 6) is -2.13. The van der Waals surface area contributed by atoms with Gasteiger partial charge in [0.15, 0.2) is 11.9 Å². The molecule has 0 aliphatic heterocycles. The van der Waals surface area contributed by atoms with Crippen molar-refractivity contribution in [2.45, 2.75) is 24.3 Å². The minimum absolute atomic E-state index is 0.201. The highest BCUT2D eigenvalue weighted by molar-refractivity contribution is 9.10. The van der Waals surface area contributed by atoms with Crippen LogP contribution in [0.5, 0.6) is 0 Å². The van der Waals surface area contributed by atoms with Crippen LogP contribution in [-0.2, 0) is 4.79 Å². The van der Waals surface area contributed by atoms with Gasteiger partial charge in [-0.15, -0.1) is 0 Å². The van der Waals surface area contributed by atoms with Crippen LogP contribution in [0.4, 0.5) is 8.78 Å². The lowest BCUT2D eigenvalue weighted by Gasteiger charge is -2.14. The lowest BCUT2D eigenvalue weighted by molar-refractivity contribution is -0.146. The lowest BCUT2D eigenvalue weighted by Crippen LogP contribution is -2.19. The molecule has 2 N–H and O–H groups in total. The van der Waals surface area contributed by atoms with E-state index in [0.717, 1.165) is 18.2 Å². The number of ketones is 1. The number of carbonyl (C=O) groups excluding carboxylic acids is 1. The molecule has 0 amide bonds. The summed E-state index contributed by atoms with van der Waals surface area (Å²) in [7, 11) is 0. The minimum Gasteiger partial charge on any atom is -0.479 e. The Morgan fingerprint density at radius 3 is 2.32 bits per heavy atom. The monoisotopic (exact) mass is 336 g/mol. The number of hydrogen-bond acceptors (Lipinski definition) is 3. The van der Waals surface area contributed by atoms with Crippen molar-refractivity contribution in [2.75, 3.05) is 0 Å². The van der Waals surface area contributed by atoms with Crippen LogP contribution in [0.1, 0.15) is 40.9 Å². The Balaban J connectivity index is 3.38. The number of halogens is 3. The maximum Gasteiger partial charge on any atom is 0.337 e. The number of carboxylic acid groups (broad SMARTS) is 1. The van der Waals surface area contributed by atoms with Crippen molar-refractivity contribution in [3.05, 3.63) is 34.9 Å². The fourth-order valence-electron chi connectivity index (χ4n) is 1.51. The third-order valence-electron chi connectivity index (χ3n) is 2.48. The smallest absolute Gasteiger partial charge is 0.337 e. The first-order chi connectivity index (χ1) is 8.75. The van der Waals surface area contributed by atoms with Gasteiger partial charge in [0.25, 0.3) is 6.43 Å². The molecule has 0 fully saturated rings. The van der Waals surface area contributed by atoms with Crippen LogP contribution in [0, 0.1) is 0 Å². The largest absolute Gasteiger partial charge is 0.479 e. The number of alkyl halides is 3. The van der Waals surface area contributed by atoms with E-state index in [4.69, 9.17) is 5.11 Å². The average molecular weight is 337 g/mol. The van der Waals surface area contributed by atoms with E-state index in [1.807, 2.05) is 0 Å². The Labute approximate surface area is 116 Å². The third-order valence-corrected chi connectivity index (χ3v) is 2.90. The van der Waals surface area contributed by atoms with Gasteiger partial charge in [-0.3, -0.25) is 4.79 Å². The van der Waals surface area contributed by atoms with Crippen LogP contribution in [0.2, 0.25) is 0 Å². The molecule has 4 nitrogen and oxygen atoms in total. The van der Waals surface area contributed by atoms with Crippen molar-refractivity contribution in [2.24, 2.45) is 0 Å². The molecule has 104 valence electrons. The number of aliphatic hydroxyl groups excluding tert-OH is 1. The topological polar surface area (TPSA) is 74.6 Å². The SMILES string of the molecule is CC(Br)C(=O)c1cc(C(F)F)ccc1C(O)C(=O)O. The third kappa shape index (κ3) is 3.57. The summed E-state index contributed by atoms with van der Waals surface area (Å²) in [4.78, 5) is 21.9. The number of hydrogen-bond donors (Lipinski definition) is 2. The van der Waals surface area contributed by atoms with E-state index >= 15 is 0 Å². The number of benzene rings is 1. The predicted octanol–water partition coefficient (Wildman–Crippen LogP) is 2.71. The highest BCUT2D eigenvalue weighted by Gasteiger charge is 2.25. The molecule has 1 aromatic rings. The summed E-state index contributed by atoms with van der Waals surface area (Å²) < 4.78 is 25.2. The van der Waals surface area contributed by atoms with Crippen molar-refractivity contribution in [1.82, 2.24) is 0 Å². The summed E-state index contributed by atoms with van der Waals surface area (Å²) in [6, 6.07) is 2.93. The standard InChI is InChI=1S/C12H11BrF2O4/c1-5(13)9(16)8-4-6(11(14)15)2-3-7(8)10(17)12(18)19/h2-5,10-11,17H,1H3,(H,18,19). The van der Waals surface area contributed by atoms with E-state index in [1.54, 1.807) is 0 Å². The molecule has 0 saturated carbocycles. The molecule has 0 spiro atoms. The van der Waals surface area contributed by atoms with Crippen LogP contribution < -0.4 is 0 Å². The van der Waals surface area contributed by atoms with Gasteiger partial charge in [0.2, 0.25) is 0 Å². The van der Waals surface area contributed by atoms with Crippen molar-refractivity contribution in [3.8, 4) is 0 Å². The summed E-state index contributed by atoms with van der Waals surface area (Å²) in [5.41, 5.74) is -0.830. The van der Waals surface area contributed by atoms with Crippen molar-refractivity contribution in [3.63, 3.8) is 0 Å². The predicted molar refractivity (Wildman–Crippen MR) is 66.7 cm³/mol. The van der Waals surface area contributed by atoms with E-state index in [9.17, 15) is 23.5 Å². The molecule has 0 aromatic heterocycles. The highest BCUT2D eigenvalue weighted by Crippen LogP contribution is 2.27. The zero-order valence-electron chi connectivity index (χ0n) is 9.81. The van der Waals surface area contributed by atoms with E-state index < -0.39 is 34.7 Å². The Kier molecular flexibility index (Phi) is 5.13. The van der Waals surface area contributed by atoms with E-state index in [0.29, 0.717) is 0 Å². The number of carbonyl (C=O) groups is 2. The van der Waals surface area contributed by atoms with E-state index in [1.165, 1.54) is 6.92 Å². The molecule has 1 rings (SSSR count). The van der Waals surface area contributed by atoms with Crippen LogP contribution in [0.15, 0.2) is 18.2 Å². The van der Waals surface area contributed by atoms with E-state index in [2.05, 4.69) is 15.9 Å². The van der Waals surface area contributed by atoms with Crippen LogP contribution >= 0.6 is 15.9 Å². The van der Waals surface area contributed by atoms with Crippen molar-refractivity contribution >= 4 is 27.7 Å². The second kappa shape index (κ2) is 6.21. The normalized spacial score (nSPS) is 14.2. The van der Waals surface area contributed by atoms with Gasteiger partial charge >= 0.3 is 5.97 Å². The first-order valence-electron chi connectivity index (χ1n) is 5.26. The zero-order valence-corrected chi connectivity index (χ0v) is 11.4. The van der Waals surface area contributed by atoms with Gasteiger partial charge in [0.05, 0.1) is 4.83 Å². The number of aliphatic carboxylic acids is 1. The fraction of sp³-hybridized carbons (Fsp3) is 0.333. The average Bonchev–Trinajstić information content (AvgIpc) is 2.35. The maximum atomic E-state index is 12.6. The molecule has 2 atom stereocenters. The van der Waals surface area contributed by atoms with Gasteiger partial charge in [-0.05, 0) is 13.0 Å². The lowest BCUT2D eigenvalue weighted by atomic mass is 9.95. The molecule has 0 heterocycles. The van der Waals surface area contributed by atoms with Crippen LogP contribution in [0.3, 0.4) is 0 Å². The Morgan fingerprint density at radius 2 is 1.89 bits per heavy atom. The fourth-order valence-corrected chi connectivity index (χ4v) is 1.76. The summed E-state index contributed by atoms with van der Waals surface area (Å²) in [5, 5.41) is 18.2. The van der Waals surface area contributed by atoms with Crippen LogP contribution in [0.25, 0.3) is 0 Å².